The zero-order valence-electron chi connectivity index (χ0n) is 15.4. The van der Waals surface area contributed by atoms with Crippen molar-refractivity contribution < 1.29 is 0 Å². The Morgan fingerprint density at radius 1 is 1.42 bits per heavy atom. The standard InChI is InChI=1S/C17H31N5S.HI/c1-5-18-17(19-10-8-16-20-12-14(4)23-16)22-11-9-15(13-22)21(6-2)7-3;/h12,15H,5-11,13H2,1-4H3,(H,18,19);1H. The Labute approximate surface area is 168 Å². The van der Waals surface area contributed by atoms with Crippen molar-refractivity contribution in [2.75, 3.05) is 39.3 Å². The van der Waals surface area contributed by atoms with Gasteiger partial charge in [-0.3, -0.25) is 9.89 Å². The van der Waals surface area contributed by atoms with Gasteiger partial charge in [0.05, 0.1) is 5.01 Å². The molecule has 1 unspecified atom stereocenters. The molecule has 1 fully saturated rings. The molecule has 0 aromatic carbocycles. The third-order valence-corrected chi connectivity index (χ3v) is 5.36. The van der Waals surface area contributed by atoms with E-state index in [1.807, 2.05) is 6.20 Å². The topological polar surface area (TPSA) is 43.8 Å². The molecule has 0 spiro atoms. The van der Waals surface area contributed by atoms with Gasteiger partial charge in [-0.25, -0.2) is 4.98 Å². The van der Waals surface area contributed by atoms with E-state index in [1.165, 1.54) is 16.3 Å². The van der Waals surface area contributed by atoms with Crippen LogP contribution in [0.1, 0.15) is 37.1 Å². The fourth-order valence-electron chi connectivity index (χ4n) is 3.17. The van der Waals surface area contributed by atoms with Crippen molar-refractivity contribution in [3.05, 3.63) is 16.1 Å². The number of aromatic nitrogens is 1. The average molecular weight is 465 g/mol. The predicted molar refractivity (Wildman–Crippen MR) is 115 cm³/mol. The molecule has 5 nitrogen and oxygen atoms in total. The van der Waals surface area contributed by atoms with E-state index < -0.39 is 0 Å². The number of rotatable bonds is 7. The molecule has 0 saturated carbocycles. The quantitative estimate of drug-likeness (QED) is 0.382. The van der Waals surface area contributed by atoms with E-state index in [0.717, 1.165) is 51.6 Å². The molecule has 138 valence electrons. The van der Waals surface area contributed by atoms with Crippen LogP contribution >= 0.6 is 35.3 Å². The maximum atomic E-state index is 4.83. The summed E-state index contributed by atoms with van der Waals surface area (Å²) >= 11 is 1.77. The first-order valence-corrected chi connectivity index (χ1v) is 9.68. The molecular formula is C17H32IN5S. The summed E-state index contributed by atoms with van der Waals surface area (Å²) in [6.45, 7) is 14.9. The Hall–Kier alpha value is -0.410. The summed E-state index contributed by atoms with van der Waals surface area (Å²) < 4.78 is 0. The SMILES string of the molecule is CCNC(=NCCc1ncc(C)s1)N1CCC(N(CC)CC)C1.I. The minimum Gasteiger partial charge on any atom is -0.357 e. The van der Waals surface area contributed by atoms with Gasteiger partial charge in [-0.05, 0) is 33.4 Å². The van der Waals surface area contributed by atoms with Crippen LogP contribution < -0.4 is 5.32 Å². The fraction of sp³-hybridized carbons (Fsp3) is 0.765. The van der Waals surface area contributed by atoms with Crippen LogP contribution in [0, 0.1) is 6.92 Å². The van der Waals surface area contributed by atoms with Gasteiger partial charge in [0, 0.05) is 49.7 Å². The summed E-state index contributed by atoms with van der Waals surface area (Å²) in [6.07, 6.45) is 4.11. The summed E-state index contributed by atoms with van der Waals surface area (Å²) in [4.78, 5) is 15.5. The van der Waals surface area contributed by atoms with Crippen LogP contribution in [-0.4, -0.2) is 66.1 Å². The first-order chi connectivity index (χ1) is 11.2. The molecule has 0 aliphatic carbocycles. The third kappa shape index (κ3) is 6.15. The molecule has 1 aromatic heterocycles. The maximum Gasteiger partial charge on any atom is 0.193 e. The summed E-state index contributed by atoms with van der Waals surface area (Å²) in [5, 5.41) is 4.64. The van der Waals surface area contributed by atoms with Crippen molar-refractivity contribution in [1.29, 1.82) is 0 Å². The highest BCUT2D eigenvalue weighted by atomic mass is 127. The summed E-state index contributed by atoms with van der Waals surface area (Å²) in [5.41, 5.74) is 0. The van der Waals surface area contributed by atoms with E-state index >= 15 is 0 Å². The first-order valence-electron chi connectivity index (χ1n) is 8.86. The lowest BCUT2D eigenvalue weighted by Crippen LogP contribution is -2.43. The highest BCUT2D eigenvalue weighted by Gasteiger charge is 2.27. The van der Waals surface area contributed by atoms with Crippen LogP contribution in [0.4, 0.5) is 0 Å². The van der Waals surface area contributed by atoms with Crippen molar-refractivity contribution in [2.45, 2.75) is 46.6 Å². The van der Waals surface area contributed by atoms with Gasteiger partial charge in [0.25, 0.3) is 0 Å². The Bertz CT molecular complexity index is 501. The Kier molecular flexibility index (Phi) is 10.1. The number of aryl methyl sites for hydroxylation is 1. The van der Waals surface area contributed by atoms with Gasteiger partial charge in [-0.1, -0.05) is 13.8 Å². The van der Waals surface area contributed by atoms with E-state index in [1.54, 1.807) is 11.3 Å². The number of aliphatic imine (C=N–C) groups is 1. The van der Waals surface area contributed by atoms with Gasteiger partial charge < -0.3 is 10.2 Å². The van der Waals surface area contributed by atoms with Crippen molar-refractivity contribution in [3.63, 3.8) is 0 Å². The number of thiazole rings is 1. The van der Waals surface area contributed by atoms with E-state index in [4.69, 9.17) is 4.99 Å². The lowest BCUT2D eigenvalue weighted by molar-refractivity contribution is 0.223. The Morgan fingerprint density at radius 2 is 2.17 bits per heavy atom. The molecule has 0 bridgehead atoms. The van der Waals surface area contributed by atoms with Gasteiger partial charge in [0.1, 0.15) is 0 Å². The molecule has 1 atom stereocenters. The lowest BCUT2D eigenvalue weighted by atomic mass is 10.2. The molecule has 7 heteroatoms. The molecule has 1 saturated heterocycles. The van der Waals surface area contributed by atoms with Gasteiger partial charge in [0.15, 0.2) is 5.96 Å². The summed E-state index contributed by atoms with van der Waals surface area (Å²) in [5.74, 6) is 1.07. The maximum absolute atomic E-state index is 4.83. The molecule has 1 aromatic rings. The largest absolute Gasteiger partial charge is 0.357 e. The van der Waals surface area contributed by atoms with Crippen LogP contribution in [0.2, 0.25) is 0 Å². The second kappa shape index (κ2) is 11.3. The monoisotopic (exact) mass is 465 g/mol. The Morgan fingerprint density at radius 3 is 2.75 bits per heavy atom. The first kappa shape index (κ1) is 21.6. The number of hydrogen-bond acceptors (Lipinski definition) is 4. The highest BCUT2D eigenvalue weighted by molar-refractivity contribution is 14.0. The van der Waals surface area contributed by atoms with Crippen molar-refractivity contribution in [1.82, 2.24) is 20.1 Å². The fourth-order valence-corrected chi connectivity index (χ4v) is 3.95. The second-order valence-corrected chi connectivity index (χ2v) is 7.28. The van der Waals surface area contributed by atoms with E-state index in [0.29, 0.717) is 6.04 Å². The van der Waals surface area contributed by atoms with Crippen molar-refractivity contribution in [3.8, 4) is 0 Å². The van der Waals surface area contributed by atoms with Crippen molar-refractivity contribution in [2.24, 2.45) is 4.99 Å². The number of nitrogens with zero attached hydrogens (tertiary/aromatic N) is 4. The summed E-state index contributed by atoms with van der Waals surface area (Å²) in [6, 6.07) is 0.662. The normalized spacial score (nSPS) is 18.1. The van der Waals surface area contributed by atoms with E-state index in [-0.39, 0.29) is 24.0 Å². The number of likely N-dealkylation sites (tertiary alicyclic amines) is 1. The van der Waals surface area contributed by atoms with Crippen molar-refractivity contribution >= 4 is 41.3 Å². The molecule has 24 heavy (non-hydrogen) atoms. The van der Waals surface area contributed by atoms with Crippen LogP contribution in [0.3, 0.4) is 0 Å². The predicted octanol–water partition coefficient (Wildman–Crippen LogP) is 2.99. The molecular weight excluding hydrogens is 433 g/mol. The van der Waals surface area contributed by atoms with Gasteiger partial charge in [-0.15, -0.1) is 35.3 Å². The number of halogens is 1. The minimum atomic E-state index is 0. The van der Waals surface area contributed by atoms with Crippen LogP contribution in [0.25, 0.3) is 0 Å². The molecule has 0 amide bonds. The van der Waals surface area contributed by atoms with Crippen LogP contribution in [0.5, 0.6) is 0 Å². The van der Waals surface area contributed by atoms with Crippen LogP contribution in [0.15, 0.2) is 11.2 Å². The second-order valence-electron chi connectivity index (χ2n) is 5.96. The van der Waals surface area contributed by atoms with Gasteiger partial charge in [0.2, 0.25) is 0 Å². The highest BCUT2D eigenvalue weighted by Crippen LogP contribution is 2.16. The zero-order chi connectivity index (χ0) is 16.7. The van der Waals surface area contributed by atoms with Crippen LogP contribution in [-0.2, 0) is 6.42 Å². The number of likely N-dealkylation sites (N-methyl/N-ethyl adjacent to an activating group) is 1. The molecule has 1 aliphatic rings. The summed E-state index contributed by atoms with van der Waals surface area (Å²) in [7, 11) is 0. The third-order valence-electron chi connectivity index (χ3n) is 4.38. The lowest BCUT2D eigenvalue weighted by Gasteiger charge is -2.27. The molecule has 0 radical (unpaired) electrons. The number of hydrogen-bond donors (Lipinski definition) is 1. The van der Waals surface area contributed by atoms with Gasteiger partial charge in [-0.2, -0.15) is 0 Å². The molecule has 1 N–H and O–H groups in total. The Balaban J connectivity index is 0.00000288. The van der Waals surface area contributed by atoms with Gasteiger partial charge >= 0.3 is 0 Å². The average Bonchev–Trinajstić information content (AvgIpc) is 3.17. The molecule has 2 rings (SSSR count). The molecule has 1 aliphatic heterocycles. The zero-order valence-corrected chi connectivity index (χ0v) is 18.6. The molecule has 2 heterocycles. The number of guanidine groups is 1. The van der Waals surface area contributed by atoms with E-state index in [2.05, 4.69) is 47.8 Å². The minimum absolute atomic E-state index is 0. The smallest absolute Gasteiger partial charge is 0.193 e. The van der Waals surface area contributed by atoms with E-state index in [9.17, 15) is 0 Å². The number of nitrogens with one attached hydrogen (secondary N) is 1.